The van der Waals surface area contributed by atoms with Crippen LogP contribution >= 0.6 is 11.3 Å². The zero-order valence-corrected chi connectivity index (χ0v) is 19.7. The van der Waals surface area contributed by atoms with Crippen LogP contribution in [0.4, 0.5) is 5.00 Å². The third-order valence-electron chi connectivity index (χ3n) is 4.55. The van der Waals surface area contributed by atoms with Gasteiger partial charge >= 0.3 is 5.97 Å². The largest absolute Gasteiger partial charge is 0.490 e. The van der Waals surface area contributed by atoms with Crippen molar-refractivity contribution in [2.24, 2.45) is 0 Å². The first kappa shape index (κ1) is 24.5. The first-order chi connectivity index (χ1) is 14.9. The number of carbonyl (C=O) groups is 2. The molecular formula is C24H31NO5S. The minimum atomic E-state index is -0.427. The molecule has 0 aliphatic carbocycles. The van der Waals surface area contributed by atoms with Crippen LogP contribution in [0.25, 0.3) is 6.08 Å². The van der Waals surface area contributed by atoms with Crippen molar-refractivity contribution in [3.05, 3.63) is 45.8 Å². The number of amides is 1. The van der Waals surface area contributed by atoms with Crippen molar-refractivity contribution in [3.63, 3.8) is 0 Å². The summed E-state index contributed by atoms with van der Waals surface area (Å²) in [5.41, 5.74) is 2.05. The molecule has 7 heteroatoms. The van der Waals surface area contributed by atoms with Crippen LogP contribution in [0.15, 0.2) is 24.3 Å². The summed E-state index contributed by atoms with van der Waals surface area (Å²) in [4.78, 5) is 25.7. The number of thiophene rings is 1. The minimum Gasteiger partial charge on any atom is -0.490 e. The van der Waals surface area contributed by atoms with E-state index in [1.165, 1.54) is 17.4 Å². The first-order valence-electron chi connectivity index (χ1n) is 10.6. The Morgan fingerprint density at radius 3 is 2.52 bits per heavy atom. The van der Waals surface area contributed by atoms with E-state index in [4.69, 9.17) is 14.2 Å². The van der Waals surface area contributed by atoms with Gasteiger partial charge in [0.1, 0.15) is 5.00 Å². The second kappa shape index (κ2) is 12.2. The van der Waals surface area contributed by atoms with Gasteiger partial charge in [-0.15, -0.1) is 11.3 Å². The minimum absolute atomic E-state index is 0.279. The number of rotatable bonds is 11. The Balaban J connectivity index is 2.14. The van der Waals surface area contributed by atoms with Gasteiger partial charge in [-0.3, -0.25) is 4.79 Å². The molecule has 0 atom stereocenters. The van der Waals surface area contributed by atoms with E-state index in [0.29, 0.717) is 35.3 Å². The molecular weight excluding hydrogens is 414 g/mol. The van der Waals surface area contributed by atoms with Gasteiger partial charge in [-0.1, -0.05) is 19.4 Å². The van der Waals surface area contributed by atoms with E-state index in [1.807, 2.05) is 39.0 Å². The summed E-state index contributed by atoms with van der Waals surface area (Å²) in [5.74, 6) is 0.590. The van der Waals surface area contributed by atoms with Gasteiger partial charge in [0.25, 0.3) is 0 Å². The van der Waals surface area contributed by atoms with E-state index in [9.17, 15) is 9.59 Å². The number of aryl methyl sites for hydroxylation is 1. The molecule has 0 bridgehead atoms. The van der Waals surface area contributed by atoms with Crippen LogP contribution < -0.4 is 14.8 Å². The van der Waals surface area contributed by atoms with Crippen molar-refractivity contribution in [1.29, 1.82) is 0 Å². The van der Waals surface area contributed by atoms with Crippen molar-refractivity contribution >= 4 is 34.3 Å². The second-order valence-electron chi connectivity index (χ2n) is 6.87. The normalized spacial score (nSPS) is 10.9. The average Bonchev–Trinajstić information content (AvgIpc) is 3.01. The summed E-state index contributed by atoms with van der Waals surface area (Å²) in [6, 6.07) is 5.57. The van der Waals surface area contributed by atoms with Crippen molar-refractivity contribution in [2.45, 2.75) is 47.5 Å². The maximum absolute atomic E-state index is 12.5. The monoisotopic (exact) mass is 445 g/mol. The molecule has 6 nitrogen and oxygen atoms in total. The molecule has 1 N–H and O–H groups in total. The molecule has 0 saturated heterocycles. The number of anilines is 1. The number of hydrogen-bond acceptors (Lipinski definition) is 6. The third-order valence-corrected chi connectivity index (χ3v) is 5.67. The Morgan fingerprint density at radius 1 is 1.06 bits per heavy atom. The highest BCUT2D eigenvalue weighted by Gasteiger charge is 2.21. The van der Waals surface area contributed by atoms with E-state index in [-0.39, 0.29) is 12.5 Å². The zero-order valence-electron chi connectivity index (χ0n) is 18.9. The fourth-order valence-electron chi connectivity index (χ4n) is 2.83. The van der Waals surface area contributed by atoms with Crippen LogP contribution in [0.3, 0.4) is 0 Å². The molecule has 1 aromatic heterocycles. The van der Waals surface area contributed by atoms with Crippen LogP contribution in [0, 0.1) is 13.8 Å². The predicted molar refractivity (Wildman–Crippen MR) is 125 cm³/mol. The number of nitrogens with one attached hydrogen (secondary N) is 1. The second-order valence-corrected chi connectivity index (χ2v) is 8.10. The number of hydrogen-bond donors (Lipinski definition) is 1. The summed E-state index contributed by atoms with van der Waals surface area (Å²) < 4.78 is 16.6. The summed E-state index contributed by atoms with van der Waals surface area (Å²) in [5, 5.41) is 3.30. The smallest absolute Gasteiger partial charge is 0.341 e. The van der Waals surface area contributed by atoms with Gasteiger partial charge in [0.15, 0.2) is 11.5 Å². The maximum atomic E-state index is 12.5. The molecule has 0 aliphatic rings. The summed E-state index contributed by atoms with van der Waals surface area (Å²) in [6.45, 7) is 11.0. The van der Waals surface area contributed by atoms with Gasteiger partial charge in [-0.05, 0) is 63.5 Å². The Labute approximate surface area is 188 Å². The summed E-state index contributed by atoms with van der Waals surface area (Å²) in [7, 11) is 0. The van der Waals surface area contributed by atoms with E-state index in [0.717, 1.165) is 28.8 Å². The topological polar surface area (TPSA) is 73.9 Å². The molecule has 0 aliphatic heterocycles. The number of carbonyl (C=O) groups excluding carboxylic acids is 2. The lowest BCUT2D eigenvalue weighted by molar-refractivity contribution is -0.111. The number of unbranched alkanes of at least 4 members (excludes halogenated alkanes) is 1. The van der Waals surface area contributed by atoms with E-state index < -0.39 is 5.97 Å². The quantitative estimate of drug-likeness (QED) is 0.270. The van der Waals surface area contributed by atoms with Crippen molar-refractivity contribution < 1.29 is 23.8 Å². The van der Waals surface area contributed by atoms with Gasteiger partial charge in [-0.25, -0.2) is 4.79 Å². The van der Waals surface area contributed by atoms with Gasteiger partial charge in [0.05, 0.1) is 25.4 Å². The van der Waals surface area contributed by atoms with Crippen LogP contribution in [-0.4, -0.2) is 31.7 Å². The van der Waals surface area contributed by atoms with Gasteiger partial charge in [-0.2, -0.15) is 0 Å². The fraction of sp³-hybridized carbons (Fsp3) is 0.417. The molecule has 1 aromatic carbocycles. The van der Waals surface area contributed by atoms with Crippen molar-refractivity contribution in [1.82, 2.24) is 0 Å². The van der Waals surface area contributed by atoms with Crippen molar-refractivity contribution in [3.8, 4) is 11.5 Å². The maximum Gasteiger partial charge on any atom is 0.341 e. The Kier molecular flexibility index (Phi) is 9.59. The van der Waals surface area contributed by atoms with Crippen LogP contribution in [0.5, 0.6) is 11.5 Å². The standard InChI is InChI=1S/C24H31NO5S/c1-6-9-14-30-19-12-10-18(15-20(19)28-7-2)11-13-21(26)25-23-22(24(27)29-8-3)16(4)17(5)31-23/h10-13,15H,6-9,14H2,1-5H3,(H,25,26)/b13-11+. The van der Waals surface area contributed by atoms with Crippen LogP contribution in [-0.2, 0) is 9.53 Å². The van der Waals surface area contributed by atoms with E-state index >= 15 is 0 Å². The van der Waals surface area contributed by atoms with Gasteiger partial charge < -0.3 is 19.5 Å². The lowest BCUT2D eigenvalue weighted by Crippen LogP contribution is -2.12. The number of benzene rings is 1. The lowest BCUT2D eigenvalue weighted by Gasteiger charge is -2.12. The predicted octanol–water partition coefficient (Wildman–Crippen LogP) is 5.77. The van der Waals surface area contributed by atoms with Gasteiger partial charge in [0, 0.05) is 11.0 Å². The molecule has 31 heavy (non-hydrogen) atoms. The molecule has 0 saturated carbocycles. The average molecular weight is 446 g/mol. The number of esters is 1. The molecule has 2 rings (SSSR count). The Bertz CT molecular complexity index is 932. The Hall–Kier alpha value is -2.80. The molecule has 168 valence electrons. The Morgan fingerprint density at radius 2 is 1.84 bits per heavy atom. The third kappa shape index (κ3) is 6.85. The molecule has 0 fully saturated rings. The highest BCUT2D eigenvalue weighted by atomic mass is 32.1. The molecule has 0 unspecified atom stereocenters. The molecule has 0 radical (unpaired) electrons. The van der Waals surface area contributed by atoms with E-state index in [2.05, 4.69) is 12.2 Å². The summed E-state index contributed by atoms with van der Waals surface area (Å²) in [6.07, 6.45) is 5.16. The van der Waals surface area contributed by atoms with Gasteiger partial charge in [0.2, 0.25) is 5.91 Å². The SMILES string of the molecule is CCCCOc1ccc(/C=C/C(=O)Nc2sc(C)c(C)c2C(=O)OCC)cc1OCC. The van der Waals surface area contributed by atoms with Crippen molar-refractivity contribution in [2.75, 3.05) is 25.1 Å². The highest BCUT2D eigenvalue weighted by molar-refractivity contribution is 7.16. The molecule has 1 heterocycles. The first-order valence-corrected chi connectivity index (χ1v) is 11.4. The molecule has 1 amide bonds. The number of ether oxygens (including phenoxy) is 3. The highest BCUT2D eigenvalue weighted by Crippen LogP contribution is 2.33. The molecule has 0 spiro atoms. The zero-order chi connectivity index (χ0) is 22.8. The fourth-order valence-corrected chi connectivity index (χ4v) is 3.88. The summed E-state index contributed by atoms with van der Waals surface area (Å²) >= 11 is 1.36. The van der Waals surface area contributed by atoms with Crippen LogP contribution in [0.1, 0.15) is 60.0 Å². The molecule has 2 aromatic rings. The lowest BCUT2D eigenvalue weighted by atomic mass is 10.1. The van der Waals surface area contributed by atoms with Crippen LogP contribution in [0.2, 0.25) is 0 Å². The van der Waals surface area contributed by atoms with E-state index in [1.54, 1.807) is 13.0 Å².